The van der Waals surface area contributed by atoms with Crippen LogP contribution in [-0.2, 0) is 6.42 Å². The molecule has 3 rings (SSSR count). The van der Waals surface area contributed by atoms with E-state index < -0.39 is 0 Å². The highest BCUT2D eigenvalue weighted by Crippen LogP contribution is 2.53. The molecule has 0 aliphatic heterocycles. The van der Waals surface area contributed by atoms with Crippen LogP contribution in [0.15, 0.2) is 30.3 Å². The number of rotatable bonds is 2. The summed E-state index contributed by atoms with van der Waals surface area (Å²) in [6, 6.07) is 10.9. The molecule has 0 saturated heterocycles. The largest absolute Gasteiger partial charge is 0.325 e. The Morgan fingerprint density at radius 1 is 1.00 bits per heavy atom. The number of hydrogen-bond acceptors (Lipinski definition) is 1. The van der Waals surface area contributed by atoms with Crippen LogP contribution in [0.25, 0.3) is 0 Å². The van der Waals surface area contributed by atoms with Gasteiger partial charge in [0, 0.05) is 5.54 Å². The van der Waals surface area contributed by atoms with Crippen LogP contribution in [-0.4, -0.2) is 5.54 Å². The van der Waals surface area contributed by atoms with Crippen molar-refractivity contribution in [2.75, 3.05) is 0 Å². The molecule has 0 radical (unpaired) electrons. The van der Waals surface area contributed by atoms with Gasteiger partial charge in [-0.15, -0.1) is 0 Å². The first kappa shape index (κ1) is 10.3. The van der Waals surface area contributed by atoms with Crippen LogP contribution in [0.2, 0.25) is 0 Å². The molecule has 2 fully saturated rings. The Kier molecular flexibility index (Phi) is 2.32. The molecular weight excluding hydrogens is 194 g/mol. The quantitative estimate of drug-likeness (QED) is 0.805. The Labute approximate surface area is 98.0 Å². The van der Waals surface area contributed by atoms with Crippen molar-refractivity contribution in [1.82, 2.24) is 0 Å². The van der Waals surface area contributed by atoms with E-state index in [1.165, 1.54) is 50.5 Å². The predicted octanol–water partition coefficient (Wildman–Crippen LogP) is 3.28. The van der Waals surface area contributed by atoms with Gasteiger partial charge in [0.25, 0.3) is 0 Å². The maximum atomic E-state index is 6.44. The molecule has 0 spiro atoms. The molecule has 2 unspecified atom stereocenters. The molecule has 1 aromatic rings. The number of nitrogens with two attached hydrogens (primary N) is 1. The molecular formula is C15H21N. The first-order valence-corrected chi connectivity index (χ1v) is 6.53. The van der Waals surface area contributed by atoms with E-state index in [9.17, 15) is 0 Å². The van der Waals surface area contributed by atoms with Crippen LogP contribution >= 0.6 is 0 Å². The van der Waals surface area contributed by atoms with Crippen molar-refractivity contribution >= 4 is 0 Å². The van der Waals surface area contributed by atoms with Crippen LogP contribution in [0.4, 0.5) is 0 Å². The molecule has 1 aromatic carbocycles. The number of fused-ring (bicyclic) bond motifs is 2. The molecule has 0 amide bonds. The van der Waals surface area contributed by atoms with Crippen LogP contribution in [0, 0.1) is 5.41 Å². The molecule has 0 aromatic heterocycles. The van der Waals surface area contributed by atoms with Crippen molar-refractivity contribution in [2.45, 2.75) is 50.5 Å². The summed E-state index contributed by atoms with van der Waals surface area (Å²) >= 11 is 0. The second-order valence-electron chi connectivity index (χ2n) is 6.06. The fourth-order valence-corrected chi connectivity index (χ4v) is 3.95. The van der Waals surface area contributed by atoms with E-state index in [0.29, 0.717) is 5.41 Å². The van der Waals surface area contributed by atoms with Crippen molar-refractivity contribution in [3.8, 4) is 0 Å². The number of benzene rings is 1. The van der Waals surface area contributed by atoms with Crippen LogP contribution in [0.1, 0.15) is 44.1 Å². The van der Waals surface area contributed by atoms with E-state index in [1.807, 2.05) is 0 Å². The molecule has 1 nitrogen and oxygen atoms in total. The zero-order valence-electron chi connectivity index (χ0n) is 9.91. The Morgan fingerprint density at radius 3 is 2.62 bits per heavy atom. The summed E-state index contributed by atoms with van der Waals surface area (Å²) in [6.07, 6.45) is 9.08. The monoisotopic (exact) mass is 215 g/mol. The zero-order chi connectivity index (χ0) is 11.1. The Morgan fingerprint density at radius 2 is 1.81 bits per heavy atom. The minimum Gasteiger partial charge on any atom is -0.325 e. The smallest absolute Gasteiger partial charge is 0.0160 e. The third kappa shape index (κ3) is 1.78. The van der Waals surface area contributed by atoms with E-state index in [0.717, 1.165) is 0 Å². The van der Waals surface area contributed by atoms with Crippen molar-refractivity contribution in [1.29, 1.82) is 0 Å². The number of hydrogen-bond donors (Lipinski definition) is 1. The predicted molar refractivity (Wildman–Crippen MR) is 67.2 cm³/mol. The molecule has 2 aliphatic rings. The molecule has 2 N–H and O–H groups in total. The highest BCUT2D eigenvalue weighted by atomic mass is 14.8. The lowest BCUT2D eigenvalue weighted by atomic mass is 9.70. The van der Waals surface area contributed by atoms with Gasteiger partial charge in [-0.1, -0.05) is 36.8 Å². The zero-order valence-corrected chi connectivity index (χ0v) is 9.91. The third-order valence-corrected chi connectivity index (χ3v) is 4.68. The lowest BCUT2D eigenvalue weighted by Gasteiger charge is -2.37. The van der Waals surface area contributed by atoms with Crippen molar-refractivity contribution in [3.05, 3.63) is 35.9 Å². The van der Waals surface area contributed by atoms with Gasteiger partial charge in [0.15, 0.2) is 0 Å². The highest BCUT2D eigenvalue weighted by Gasteiger charge is 2.48. The summed E-state index contributed by atoms with van der Waals surface area (Å²) in [5, 5.41) is 0. The van der Waals surface area contributed by atoms with Gasteiger partial charge in [-0.25, -0.2) is 0 Å². The molecule has 0 heterocycles. The molecule has 2 atom stereocenters. The second-order valence-corrected chi connectivity index (χ2v) is 6.06. The van der Waals surface area contributed by atoms with Gasteiger partial charge in [-0.2, -0.15) is 0 Å². The fourth-order valence-electron chi connectivity index (χ4n) is 3.95. The average Bonchev–Trinajstić information content (AvgIpc) is 2.50. The van der Waals surface area contributed by atoms with Gasteiger partial charge in [0.05, 0.1) is 0 Å². The van der Waals surface area contributed by atoms with Crippen molar-refractivity contribution in [3.63, 3.8) is 0 Å². The van der Waals surface area contributed by atoms with E-state index in [1.54, 1.807) is 0 Å². The summed E-state index contributed by atoms with van der Waals surface area (Å²) in [5.41, 5.74) is 8.66. The summed E-state index contributed by atoms with van der Waals surface area (Å²) in [5.74, 6) is 0. The molecule has 2 bridgehead atoms. The summed E-state index contributed by atoms with van der Waals surface area (Å²) < 4.78 is 0. The lowest BCUT2D eigenvalue weighted by molar-refractivity contribution is 0.191. The molecule has 16 heavy (non-hydrogen) atoms. The van der Waals surface area contributed by atoms with Gasteiger partial charge in [0.1, 0.15) is 0 Å². The first-order valence-electron chi connectivity index (χ1n) is 6.53. The Balaban J connectivity index is 1.80. The van der Waals surface area contributed by atoms with Crippen molar-refractivity contribution in [2.24, 2.45) is 11.1 Å². The standard InChI is InChI=1S/C15H21N/c16-15-8-4-7-14(12-15,9-10-15)11-13-5-2-1-3-6-13/h1-3,5-6H,4,7-12,16H2. The minimum absolute atomic E-state index is 0.188. The normalized spacial score (nSPS) is 37.6. The van der Waals surface area contributed by atoms with Crippen LogP contribution < -0.4 is 5.73 Å². The van der Waals surface area contributed by atoms with E-state index in [4.69, 9.17) is 5.73 Å². The Bertz CT molecular complexity index is 372. The topological polar surface area (TPSA) is 26.0 Å². The molecule has 1 heteroatoms. The second kappa shape index (κ2) is 3.59. The van der Waals surface area contributed by atoms with E-state index in [-0.39, 0.29) is 5.54 Å². The van der Waals surface area contributed by atoms with Gasteiger partial charge >= 0.3 is 0 Å². The summed E-state index contributed by atoms with van der Waals surface area (Å²) in [4.78, 5) is 0. The van der Waals surface area contributed by atoms with Gasteiger partial charge in [-0.05, 0) is 49.5 Å². The fraction of sp³-hybridized carbons (Fsp3) is 0.600. The summed E-state index contributed by atoms with van der Waals surface area (Å²) in [7, 11) is 0. The molecule has 86 valence electrons. The van der Waals surface area contributed by atoms with Gasteiger partial charge in [-0.3, -0.25) is 0 Å². The third-order valence-electron chi connectivity index (χ3n) is 4.68. The minimum atomic E-state index is 0.188. The van der Waals surface area contributed by atoms with E-state index >= 15 is 0 Å². The van der Waals surface area contributed by atoms with Gasteiger partial charge in [0.2, 0.25) is 0 Å². The Hall–Kier alpha value is -0.820. The van der Waals surface area contributed by atoms with Gasteiger partial charge < -0.3 is 5.73 Å². The molecule has 2 aliphatic carbocycles. The maximum Gasteiger partial charge on any atom is 0.0160 e. The average molecular weight is 215 g/mol. The first-order chi connectivity index (χ1) is 7.70. The highest BCUT2D eigenvalue weighted by molar-refractivity contribution is 5.19. The van der Waals surface area contributed by atoms with Crippen LogP contribution in [0.3, 0.4) is 0 Å². The lowest BCUT2D eigenvalue weighted by Crippen LogP contribution is -2.41. The maximum absolute atomic E-state index is 6.44. The SMILES string of the molecule is NC12CCCC(Cc3ccccc3)(CC1)C2. The van der Waals surface area contributed by atoms with Crippen LogP contribution in [0.5, 0.6) is 0 Å². The van der Waals surface area contributed by atoms with E-state index in [2.05, 4.69) is 30.3 Å². The summed E-state index contributed by atoms with van der Waals surface area (Å²) in [6.45, 7) is 0. The molecule has 2 saturated carbocycles. The van der Waals surface area contributed by atoms with Crippen molar-refractivity contribution < 1.29 is 0 Å².